The van der Waals surface area contributed by atoms with Gasteiger partial charge in [0.25, 0.3) is 0 Å². The van der Waals surface area contributed by atoms with Crippen LogP contribution in [-0.4, -0.2) is 14.8 Å². The Morgan fingerprint density at radius 2 is 2.06 bits per heavy atom. The lowest BCUT2D eigenvalue weighted by molar-refractivity contribution is 0.431. The molecule has 1 aliphatic rings. The fourth-order valence-electron chi connectivity index (χ4n) is 2.62. The van der Waals surface area contributed by atoms with Gasteiger partial charge in [0.05, 0.1) is 0 Å². The lowest BCUT2D eigenvalue weighted by Gasteiger charge is -2.17. The molecule has 3 nitrogen and oxygen atoms in total. The van der Waals surface area contributed by atoms with Crippen molar-refractivity contribution in [2.24, 2.45) is 0 Å². The van der Waals surface area contributed by atoms with Crippen molar-refractivity contribution in [2.45, 2.75) is 45.1 Å². The van der Waals surface area contributed by atoms with E-state index >= 15 is 0 Å². The van der Waals surface area contributed by atoms with Crippen LogP contribution in [-0.2, 0) is 19.4 Å². The minimum Gasteiger partial charge on any atom is -0.250 e. The van der Waals surface area contributed by atoms with E-state index in [4.69, 9.17) is 4.98 Å². The van der Waals surface area contributed by atoms with Crippen molar-refractivity contribution in [3.63, 3.8) is 0 Å². The summed E-state index contributed by atoms with van der Waals surface area (Å²) in [5.74, 6) is 2.75. The molecule has 18 heavy (non-hydrogen) atoms. The lowest BCUT2D eigenvalue weighted by Crippen LogP contribution is -2.14. The van der Waals surface area contributed by atoms with E-state index < -0.39 is 0 Å². The topological polar surface area (TPSA) is 30.7 Å². The molecule has 3 heteroatoms. The number of nitrogens with zero attached hydrogens (tertiary/aromatic N) is 3. The molecule has 0 radical (unpaired) electrons. The molecule has 1 aliphatic heterocycles. The maximum Gasteiger partial charge on any atom is 0.151 e. The molecule has 1 unspecified atom stereocenters. The first-order valence-corrected chi connectivity index (χ1v) is 6.80. The van der Waals surface area contributed by atoms with E-state index in [1.54, 1.807) is 0 Å². The Bertz CT molecular complexity index is 516. The number of benzene rings is 1. The van der Waals surface area contributed by atoms with E-state index in [1.165, 1.54) is 24.2 Å². The third kappa shape index (κ3) is 2.30. The van der Waals surface area contributed by atoms with Crippen LogP contribution < -0.4 is 0 Å². The van der Waals surface area contributed by atoms with Crippen LogP contribution in [0.3, 0.4) is 0 Å². The quantitative estimate of drug-likeness (QED) is 0.827. The summed E-state index contributed by atoms with van der Waals surface area (Å²) in [6.07, 6.45) is 4.45. The Morgan fingerprint density at radius 1 is 1.22 bits per heavy atom. The third-order valence-electron chi connectivity index (χ3n) is 3.67. The second-order valence-corrected chi connectivity index (χ2v) is 5.14. The minimum atomic E-state index is 0.566. The molecule has 0 saturated carbocycles. The molecule has 0 aliphatic carbocycles. The van der Waals surface area contributed by atoms with Gasteiger partial charge in [0.2, 0.25) is 0 Å². The minimum absolute atomic E-state index is 0.566. The van der Waals surface area contributed by atoms with Crippen LogP contribution in [0.4, 0.5) is 0 Å². The summed E-state index contributed by atoms with van der Waals surface area (Å²) in [4.78, 5) is 4.70. The van der Waals surface area contributed by atoms with Crippen LogP contribution in [0.25, 0.3) is 0 Å². The highest BCUT2D eigenvalue weighted by Gasteiger charge is 2.20. The highest BCUT2D eigenvalue weighted by atomic mass is 15.4. The molecular weight excluding hydrogens is 222 g/mol. The molecule has 1 aromatic heterocycles. The van der Waals surface area contributed by atoms with Crippen molar-refractivity contribution in [3.05, 3.63) is 47.5 Å². The Balaban J connectivity index is 1.70. The van der Waals surface area contributed by atoms with Gasteiger partial charge in [-0.2, -0.15) is 5.10 Å². The predicted octanol–water partition coefficient (Wildman–Crippen LogP) is 2.96. The molecule has 0 bridgehead atoms. The Hall–Kier alpha value is -1.64. The Labute approximate surface area is 108 Å². The average molecular weight is 241 g/mol. The van der Waals surface area contributed by atoms with Crippen molar-refractivity contribution in [1.82, 2.24) is 14.8 Å². The summed E-state index contributed by atoms with van der Waals surface area (Å²) in [5, 5.41) is 4.62. The van der Waals surface area contributed by atoms with Gasteiger partial charge in [0.15, 0.2) is 5.82 Å². The number of aryl methyl sites for hydroxylation is 3. The lowest BCUT2D eigenvalue weighted by atomic mass is 10.0. The molecule has 0 N–H and O–H groups in total. The van der Waals surface area contributed by atoms with Gasteiger partial charge >= 0.3 is 0 Å². The van der Waals surface area contributed by atoms with E-state index in [0.29, 0.717) is 5.92 Å². The monoisotopic (exact) mass is 241 g/mol. The van der Waals surface area contributed by atoms with Crippen LogP contribution >= 0.6 is 0 Å². The molecule has 1 atom stereocenters. The molecule has 0 fully saturated rings. The smallest absolute Gasteiger partial charge is 0.151 e. The van der Waals surface area contributed by atoms with Crippen molar-refractivity contribution in [3.8, 4) is 0 Å². The summed E-state index contributed by atoms with van der Waals surface area (Å²) in [7, 11) is 0. The zero-order valence-corrected chi connectivity index (χ0v) is 10.8. The van der Waals surface area contributed by atoms with Gasteiger partial charge in [0, 0.05) is 18.9 Å². The van der Waals surface area contributed by atoms with Gasteiger partial charge in [-0.05, 0) is 24.8 Å². The Morgan fingerprint density at radius 3 is 2.83 bits per heavy atom. The van der Waals surface area contributed by atoms with Crippen LogP contribution in [0.2, 0.25) is 0 Å². The van der Waals surface area contributed by atoms with Crippen molar-refractivity contribution < 1.29 is 0 Å². The number of hydrogen-bond donors (Lipinski definition) is 0. The van der Waals surface area contributed by atoms with Crippen molar-refractivity contribution in [1.29, 1.82) is 0 Å². The molecule has 0 saturated heterocycles. The zero-order valence-electron chi connectivity index (χ0n) is 10.8. The summed E-state index contributed by atoms with van der Waals surface area (Å²) < 4.78 is 2.11. The van der Waals surface area contributed by atoms with Gasteiger partial charge in [-0.3, -0.25) is 0 Å². The third-order valence-corrected chi connectivity index (χ3v) is 3.67. The largest absolute Gasteiger partial charge is 0.250 e. The van der Waals surface area contributed by atoms with Crippen LogP contribution in [0.15, 0.2) is 30.3 Å². The SMILES string of the molecule is CC1CCCn2nc(CCc3ccccc3)nc21. The van der Waals surface area contributed by atoms with E-state index in [2.05, 4.69) is 47.0 Å². The summed E-state index contributed by atoms with van der Waals surface area (Å²) in [6.45, 7) is 3.29. The van der Waals surface area contributed by atoms with Crippen LogP contribution in [0.5, 0.6) is 0 Å². The Kier molecular flexibility index (Phi) is 3.13. The molecule has 1 aromatic carbocycles. The highest BCUT2D eigenvalue weighted by Crippen LogP contribution is 2.24. The van der Waals surface area contributed by atoms with E-state index in [1.807, 2.05) is 0 Å². The molecule has 3 rings (SSSR count). The van der Waals surface area contributed by atoms with E-state index in [-0.39, 0.29) is 0 Å². The first-order valence-electron chi connectivity index (χ1n) is 6.80. The molecular formula is C15H19N3. The highest BCUT2D eigenvalue weighted by molar-refractivity contribution is 5.15. The molecule has 2 heterocycles. The van der Waals surface area contributed by atoms with E-state index in [9.17, 15) is 0 Å². The normalized spacial score (nSPS) is 18.6. The zero-order chi connectivity index (χ0) is 12.4. The molecule has 0 amide bonds. The number of hydrogen-bond acceptors (Lipinski definition) is 2. The van der Waals surface area contributed by atoms with Gasteiger partial charge < -0.3 is 0 Å². The number of aromatic nitrogens is 3. The standard InChI is InChI=1S/C15H19N3/c1-12-6-5-11-18-15(12)16-14(17-18)10-9-13-7-3-2-4-8-13/h2-4,7-8,12H,5-6,9-11H2,1H3. The van der Waals surface area contributed by atoms with Gasteiger partial charge in [0.1, 0.15) is 5.82 Å². The second kappa shape index (κ2) is 4.92. The van der Waals surface area contributed by atoms with E-state index in [0.717, 1.165) is 25.2 Å². The average Bonchev–Trinajstić information content (AvgIpc) is 2.82. The second-order valence-electron chi connectivity index (χ2n) is 5.14. The predicted molar refractivity (Wildman–Crippen MR) is 71.5 cm³/mol. The van der Waals surface area contributed by atoms with Crippen LogP contribution in [0.1, 0.15) is 42.9 Å². The van der Waals surface area contributed by atoms with Crippen LogP contribution in [0, 0.1) is 0 Å². The van der Waals surface area contributed by atoms with Crippen molar-refractivity contribution in [2.75, 3.05) is 0 Å². The maximum absolute atomic E-state index is 4.70. The van der Waals surface area contributed by atoms with Crippen molar-refractivity contribution >= 4 is 0 Å². The summed E-state index contributed by atoms with van der Waals surface area (Å²) in [6, 6.07) is 10.6. The fraction of sp³-hybridized carbons (Fsp3) is 0.467. The first-order chi connectivity index (χ1) is 8.83. The summed E-state index contributed by atoms with van der Waals surface area (Å²) in [5.41, 5.74) is 1.36. The number of fused-ring (bicyclic) bond motifs is 1. The number of rotatable bonds is 3. The van der Waals surface area contributed by atoms with Gasteiger partial charge in [-0.25, -0.2) is 9.67 Å². The molecule has 0 spiro atoms. The first kappa shape index (κ1) is 11.5. The summed E-state index contributed by atoms with van der Waals surface area (Å²) >= 11 is 0. The fourth-order valence-corrected chi connectivity index (χ4v) is 2.62. The molecule has 2 aromatic rings. The van der Waals surface area contributed by atoms with Gasteiger partial charge in [-0.1, -0.05) is 37.3 Å². The maximum atomic E-state index is 4.70. The molecule has 94 valence electrons. The van der Waals surface area contributed by atoms with Gasteiger partial charge in [-0.15, -0.1) is 0 Å².